The molecule has 32 heavy (non-hydrogen) atoms. The molecule has 0 aliphatic rings. The fourth-order valence-corrected chi connectivity index (χ4v) is 3.23. The number of amides is 1. The van der Waals surface area contributed by atoms with E-state index in [1.165, 1.54) is 6.07 Å². The van der Waals surface area contributed by atoms with E-state index < -0.39 is 23.1 Å². The van der Waals surface area contributed by atoms with E-state index in [9.17, 15) is 13.6 Å². The summed E-state index contributed by atoms with van der Waals surface area (Å²) in [7, 11) is 0. The monoisotopic (exact) mass is 428 g/mol. The summed E-state index contributed by atoms with van der Waals surface area (Å²) in [5.41, 5.74) is 2.39. The molecule has 0 aliphatic heterocycles. The highest BCUT2D eigenvalue weighted by molar-refractivity contribution is 6.04. The van der Waals surface area contributed by atoms with Crippen LogP contribution in [0.15, 0.2) is 79.0 Å². The van der Waals surface area contributed by atoms with Gasteiger partial charge >= 0.3 is 0 Å². The average Bonchev–Trinajstić information content (AvgIpc) is 3.23. The number of carbonyl (C=O) groups excluding carboxylic acids is 1. The van der Waals surface area contributed by atoms with E-state index in [-0.39, 0.29) is 0 Å². The number of hydrogen-bond donors (Lipinski definition) is 1. The Hall–Kier alpha value is -4.53. The molecule has 3 heterocycles. The van der Waals surface area contributed by atoms with E-state index in [1.54, 1.807) is 47.1 Å². The fourth-order valence-electron chi connectivity index (χ4n) is 3.23. The van der Waals surface area contributed by atoms with Gasteiger partial charge in [-0.3, -0.25) is 9.78 Å². The number of nitrogens with zero attached hydrogens (tertiary/aromatic N) is 5. The Bertz CT molecular complexity index is 1410. The Morgan fingerprint density at radius 3 is 2.31 bits per heavy atom. The second-order valence-electron chi connectivity index (χ2n) is 6.86. The number of nitrogens with one attached hydrogen (secondary N) is 1. The van der Waals surface area contributed by atoms with Crippen molar-refractivity contribution in [1.29, 1.82) is 0 Å². The van der Waals surface area contributed by atoms with Crippen LogP contribution in [0, 0.1) is 11.6 Å². The van der Waals surface area contributed by atoms with Gasteiger partial charge in [-0.2, -0.15) is 9.61 Å². The van der Waals surface area contributed by atoms with Crippen molar-refractivity contribution in [3.8, 4) is 22.8 Å². The minimum absolute atomic E-state index is 0.390. The zero-order chi connectivity index (χ0) is 22.1. The van der Waals surface area contributed by atoms with Gasteiger partial charge in [-0.1, -0.05) is 24.3 Å². The van der Waals surface area contributed by atoms with Crippen LogP contribution in [0.25, 0.3) is 28.4 Å². The van der Waals surface area contributed by atoms with Crippen molar-refractivity contribution in [3.05, 3.63) is 96.2 Å². The molecule has 0 radical (unpaired) electrons. The summed E-state index contributed by atoms with van der Waals surface area (Å²) in [5, 5.41) is 15.4. The zero-order valence-electron chi connectivity index (χ0n) is 16.4. The van der Waals surface area contributed by atoms with Crippen LogP contribution >= 0.6 is 0 Å². The van der Waals surface area contributed by atoms with Crippen LogP contribution in [-0.2, 0) is 0 Å². The van der Waals surface area contributed by atoms with Crippen LogP contribution in [0.3, 0.4) is 0 Å². The second kappa shape index (κ2) is 7.95. The SMILES string of the molecule is O=C(Nc1ccc(-c2ccc3nnc(-c4ccccn4)n3n2)cc1)c1c(F)cccc1F. The molecule has 5 rings (SSSR count). The highest BCUT2D eigenvalue weighted by Crippen LogP contribution is 2.23. The van der Waals surface area contributed by atoms with Gasteiger partial charge in [0.1, 0.15) is 22.9 Å². The third-order valence-electron chi connectivity index (χ3n) is 4.79. The summed E-state index contributed by atoms with van der Waals surface area (Å²) >= 11 is 0. The number of halogens is 2. The lowest BCUT2D eigenvalue weighted by Crippen LogP contribution is -2.15. The van der Waals surface area contributed by atoms with Crippen LogP contribution in [0.4, 0.5) is 14.5 Å². The molecule has 1 amide bonds. The van der Waals surface area contributed by atoms with Gasteiger partial charge in [-0.05, 0) is 48.5 Å². The molecule has 0 saturated carbocycles. The van der Waals surface area contributed by atoms with Crippen molar-refractivity contribution in [2.45, 2.75) is 0 Å². The number of pyridine rings is 1. The first-order valence-electron chi connectivity index (χ1n) is 9.60. The quantitative estimate of drug-likeness (QED) is 0.459. The highest BCUT2D eigenvalue weighted by atomic mass is 19.1. The topological polar surface area (TPSA) is 85.1 Å². The van der Waals surface area contributed by atoms with E-state index in [4.69, 9.17) is 0 Å². The second-order valence-corrected chi connectivity index (χ2v) is 6.86. The molecular weight excluding hydrogens is 414 g/mol. The van der Waals surface area contributed by atoms with E-state index in [0.717, 1.165) is 17.7 Å². The summed E-state index contributed by atoms with van der Waals surface area (Å²) in [6.07, 6.45) is 1.67. The normalized spacial score (nSPS) is 10.9. The van der Waals surface area contributed by atoms with Crippen molar-refractivity contribution < 1.29 is 13.6 Å². The molecule has 7 nitrogen and oxygen atoms in total. The van der Waals surface area contributed by atoms with Crippen molar-refractivity contribution >= 4 is 17.2 Å². The van der Waals surface area contributed by atoms with Gasteiger partial charge in [0.25, 0.3) is 5.91 Å². The van der Waals surface area contributed by atoms with Crippen LogP contribution in [0.2, 0.25) is 0 Å². The number of anilines is 1. The number of fused-ring (bicyclic) bond motifs is 1. The molecule has 0 aliphatic carbocycles. The predicted molar refractivity (Wildman–Crippen MR) is 114 cm³/mol. The lowest BCUT2D eigenvalue weighted by molar-refractivity contribution is 0.101. The molecule has 2 aromatic carbocycles. The molecule has 5 aromatic rings. The van der Waals surface area contributed by atoms with E-state index >= 15 is 0 Å². The molecule has 0 fully saturated rings. The summed E-state index contributed by atoms with van der Waals surface area (Å²) < 4.78 is 29.2. The Morgan fingerprint density at radius 2 is 1.59 bits per heavy atom. The lowest BCUT2D eigenvalue weighted by atomic mass is 10.1. The lowest BCUT2D eigenvalue weighted by Gasteiger charge is -2.08. The first kappa shape index (κ1) is 19.4. The van der Waals surface area contributed by atoms with E-state index in [2.05, 4.69) is 25.6 Å². The Labute approximate surface area is 180 Å². The number of rotatable bonds is 4. The third kappa shape index (κ3) is 3.56. The Balaban J connectivity index is 1.42. The van der Waals surface area contributed by atoms with Crippen LogP contribution in [0.5, 0.6) is 0 Å². The maximum atomic E-state index is 13.8. The number of carbonyl (C=O) groups is 1. The smallest absolute Gasteiger partial charge is 0.261 e. The summed E-state index contributed by atoms with van der Waals surface area (Å²) in [6, 6.07) is 19.1. The van der Waals surface area contributed by atoms with Gasteiger partial charge in [-0.15, -0.1) is 10.2 Å². The molecule has 0 unspecified atom stereocenters. The van der Waals surface area contributed by atoms with Crippen molar-refractivity contribution in [3.63, 3.8) is 0 Å². The summed E-state index contributed by atoms with van der Waals surface area (Å²) in [6.45, 7) is 0. The predicted octanol–water partition coefficient (Wildman–Crippen LogP) is 4.38. The zero-order valence-corrected chi connectivity index (χ0v) is 16.4. The molecule has 0 atom stereocenters. The van der Waals surface area contributed by atoms with Gasteiger partial charge in [0, 0.05) is 17.4 Å². The molecule has 1 N–H and O–H groups in total. The van der Waals surface area contributed by atoms with Gasteiger partial charge in [0.05, 0.1) is 5.69 Å². The third-order valence-corrected chi connectivity index (χ3v) is 4.79. The summed E-state index contributed by atoms with van der Waals surface area (Å²) in [5.74, 6) is -2.20. The standard InChI is InChI=1S/C23H14F2N6O/c24-16-4-3-5-17(25)21(16)23(32)27-15-9-7-14(8-10-15)18-11-12-20-28-29-22(31(20)30-18)19-6-1-2-13-26-19/h1-13H,(H,27,32). The largest absolute Gasteiger partial charge is 0.322 e. The first-order valence-corrected chi connectivity index (χ1v) is 9.60. The number of benzene rings is 2. The van der Waals surface area contributed by atoms with Crippen LogP contribution in [-0.4, -0.2) is 30.7 Å². The Morgan fingerprint density at radius 1 is 0.812 bits per heavy atom. The molecule has 9 heteroatoms. The summed E-state index contributed by atoms with van der Waals surface area (Å²) in [4.78, 5) is 16.6. The number of aromatic nitrogens is 5. The van der Waals surface area contributed by atoms with Gasteiger partial charge in [0.2, 0.25) is 5.82 Å². The molecule has 156 valence electrons. The van der Waals surface area contributed by atoms with Gasteiger partial charge in [0.15, 0.2) is 5.65 Å². The van der Waals surface area contributed by atoms with Gasteiger partial charge in [-0.25, -0.2) is 8.78 Å². The fraction of sp³-hybridized carbons (Fsp3) is 0. The Kier molecular flexibility index (Phi) is 4.83. The minimum Gasteiger partial charge on any atom is -0.322 e. The van der Waals surface area contributed by atoms with E-state index in [0.29, 0.717) is 28.5 Å². The molecular formula is C23H14F2N6O. The van der Waals surface area contributed by atoms with Crippen LogP contribution < -0.4 is 5.32 Å². The van der Waals surface area contributed by atoms with Crippen molar-refractivity contribution in [2.24, 2.45) is 0 Å². The maximum absolute atomic E-state index is 13.8. The van der Waals surface area contributed by atoms with E-state index in [1.807, 2.05) is 18.2 Å². The van der Waals surface area contributed by atoms with Gasteiger partial charge < -0.3 is 5.32 Å². The average molecular weight is 428 g/mol. The molecule has 0 saturated heterocycles. The maximum Gasteiger partial charge on any atom is 0.261 e. The van der Waals surface area contributed by atoms with Crippen molar-refractivity contribution in [2.75, 3.05) is 5.32 Å². The van der Waals surface area contributed by atoms with Crippen LogP contribution in [0.1, 0.15) is 10.4 Å². The number of hydrogen-bond acceptors (Lipinski definition) is 5. The molecule has 0 bridgehead atoms. The molecule has 3 aromatic heterocycles. The van der Waals surface area contributed by atoms with Crippen molar-refractivity contribution in [1.82, 2.24) is 24.8 Å². The first-order chi connectivity index (χ1) is 15.6. The minimum atomic E-state index is -0.922. The highest BCUT2D eigenvalue weighted by Gasteiger charge is 2.17. The molecule has 0 spiro atoms.